The molecule has 0 spiro atoms. The molecular weight excluding hydrogens is 450 g/mol. The number of benzene rings is 1. The number of rotatable bonds is 6. The third kappa shape index (κ3) is 3.84. The van der Waals surface area contributed by atoms with Crippen molar-refractivity contribution in [3.05, 3.63) is 62.3 Å². The lowest BCUT2D eigenvalue weighted by molar-refractivity contribution is -0.133. The lowest BCUT2D eigenvalue weighted by Gasteiger charge is -2.21. The van der Waals surface area contributed by atoms with Crippen molar-refractivity contribution in [2.75, 3.05) is 0 Å². The van der Waals surface area contributed by atoms with Gasteiger partial charge in [0.25, 0.3) is 5.56 Å². The highest BCUT2D eigenvalue weighted by Crippen LogP contribution is 2.29. The van der Waals surface area contributed by atoms with Crippen molar-refractivity contribution in [3.8, 4) is 11.5 Å². The van der Waals surface area contributed by atoms with Crippen molar-refractivity contribution in [3.63, 3.8) is 0 Å². The van der Waals surface area contributed by atoms with E-state index in [9.17, 15) is 14.4 Å². The van der Waals surface area contributed by atoms with E-state index in [-0.39, 0.29) is 36.2 Å². The van der Waals surface area contributed by atoms with Crippen LogP contribution in [0.3, 0.4) is 0 Å². The second-order valence-corrected chi connectivity index (χ2v) is 8.45. The van der Waals surface area contributed by atoms with Gasteiger partial charge in [-0.2, -0.15) is 0 Å². The number of carbonyl (C=O) groups is 1. The zero-order valence-corrected chi connectivity index (χ0v) is 18.7. The molecular formula is C21H20ClN7O4. The van der Waals surface area contributed by atoms with Crippen LogP contribution >= 0.6 is 11.6 Å². The molecule has 0 atom stereocenters. The molecule has 0 radical (unpaired) electrons. The van der Waals surface area contributed by atoms with Gasteiger partial charge in [0.2, 0.25) is 17.7 Å². The van der Waals surface area contributed by atoms with Gasteiger partial charge in [-0.15, -0.1) is 10.2 Å². The van der Waals surface area contributed by atoms with Crippen molar-refractivity contribution in [2.24, 2.45) is 14.1 Å². The van der Waals surface area contributed by atoms with E-state index in [0.29, 0.717) is 16.8 Å². The Bertz CT molecular complexity index is 1480. The summed E-state index contributed by atoms with van der Waals surface area (Å²) in [5, 5.41) is 8.76. The molecule has 4 aromatic rings. The number of fused-ring (bicyclic) bond motifs is 1. The molecule has 1 saturated carbocycles. The van der Waals surface area contributed by atoms with Gasteiger partial charge in [0.15, 0.2) is 11.2 Å². The zero-order valence-electron chi connectivity index (χ0n) is 17.9. The molecule has 1 fully saturated rings. The summed E-state index contributed by atoms with van der Waals surface area (Å²) in [7, 11) is 2.93. The van der Waals surface area contributed by atoms with Crippen molar-refractivity contribution < 1.29 is 9.21 Å². The smallest absolute Gasteiger partial charge is 0.332 e. The molecule has 0 bridgehead atoms. The van der Waals surface area contributed by atoms with Crippen molar-refractivity contribution in [2.45, 2.75) is 32.0 Å². The van der Waals surface area contributed by atoms with Gasteiger partial charge in [-0.1, -0.05) is 11.6 Å². The van der Waals surface area contributed by atoms with Crippen molar-refractivity contribution in [1.29, 1.82) is 0 Å². The van der Waals surface area contributed by atoms with Crippen molar-refractivity contribution in [1.82, 2.24) is 33.8 Å². The van der Waals surface area contributed by atoms with Gasteiger partial charge in [0.1, 0.15) is 6.54 Å². The molecule has 3 heterocycles. The highest BCUT2D eigenvalue weighted by atomic mass is 35.5. The molecule has 170 valence electrons. The van der Waals surface area contributed by atoms with Crippen LogP contribution < -0.4 is 11.2 Å². The minimum absolute atomic E-state index is 0.0744. The number of amides is 1. The summed E-state index contributed by atoms with van der Waals surface area (Å²) < 4.78 is 9.53. The molecule has 1 aliphatic rings. The van der Waals surface area contributed by atoms with Crippen LogP contribution in [0.1, 0.15) is 18.7 Å². The maximum absolute atomic E-state index is 13.2. The van der Waals surface area contributed by atoms with Gasteiger partial charge in [-0.25, -0.2) is 9.78 Å². The normalized spacial score (nSPS) is 13.5. The lowest BCUT2D eigenvalue weighted by atomic mass is 10.2. The molecule has 0 N–H and O–H groups in total. The molecule has 11 nitrogen and oxygen atoms in total. The molecule has 0 aliphatic heterocycles. The highest BCUT2D eigenvalue weighted by Gasteiger charge is 2.34. The number of aryl methyl sites for hydroxylation is 1. The first kappa shape index (κ1) is 21.1. The maximum atomic E-state index is 13.2. The highest BCUT2D eigenvalue weighted by molar-refractivity contribution is 6.30. The molecule has 1 aliphatic carbocycles. The minimum Gasteiger partial charge on any atom is -0.419 e. The molecule has 0 unspecified atom stereocenters. The van der Waals surface area contributed by atoms with Crippen molar-refractivity contribution >= 4 is 28.7 Å². The van der Waals surface area contributed by atoms with E-state index < -0.39 is 11.2 Å². The van der Waals surface area contributed by atoms with E-state index in [1.807, 2.05) is 0 Å². The Morgan fingerprint density at radius 1 is 1.15 bits per heavy atom. The standard InChI is InChI=1S/C21H20ClN7O4/c1-26-18-17(20(31)27(2)21(26)32)28(11-23-18)10-16(30)29(14-7-8-14)9-15-24-25-19(33-15)12-3-5-13(22)6-4-12/h3-6,11,14H,7-10H2,1-2H3. The van der Waals surface area contributed by atoms with Crippen LogP contribution in [-0.2, 0) is 32.0 Å². The Balaban J connectivity index is 1.39. The predicted molar refractivity (Wildman–Crippen MR) is 119 cm³/mol. The van der Waals surface area contributed by atoms with Gasteiger partial charge in [0, 0.05) is 30.7 Å². The fourth-order valence-corrected chi connectivity index (χ4v) is 3.86. The lowest BCUT2D eigenvalue weighted by Crippen LogP contribution is -2.39. The summed E-state index contributed by atoms with van der Waals surface area (Å²) in [6.07, 6.45) is 3.16. The van der Waals surface area contributed by atoms with E-state index in [1.54, 1.807) is 29.2 Å². The van der Waals surface area contributed by atoms with Crippen LogP contribution in [0.4, 0.5) is 0 Å². The van der Waals surface area contributed by atoms with Crippen LogP contribution in [0, 0.1) is 0 Å². The maximum Gasteiger partial charge on any atom is 0.332 e. The number of hydrogen-bond donors (Lipinski definition) is 0. The zero-order chi connectivity index (χ0) is 23.3. The number of nitrogens with zero attached hydrogens (tertiary/aromatic N) is 7. The number of imidazole rings is 1. The predicted octanol–water partition coefficient (Wildman–Crippen LogP) is 1.33. The summed E-state index contributed by atoms with van der Waals surface area (Å²) >= 11 is 5.92. The first-order chi connectivity index (χ1) is 15.8. The molecule has 1 aromatic carbocycles. The van der Waals surface area contributed by atoms with Crippen LogP contribution in [0.15, 0.2) is 44.6 Å². The second-order valence-electron chi connectivity index (χ2n) is 8.01. The Kier molecular flexibility index (Phi) is 5.12. The number of hydrogen-bond acceptors (Lipinski definition) is 7. The first-order valence-corrected chi connectivity index (χ1v) is 10.7. The largest absolute Gasteiger partial charge is 0.419 e. The Morgan fingerprint density at radius 2 is 1.88 bits per heavy atom. The molecule has 33 heavy (non-hydrogen) atoms. The topological polar surface area (TPSA) is 121 Å². The third-order valence-corrected chi connectivity index (χ3v) is 5.95. The van der Waals surface area contributed by atoms with E-state index >= 15 is 0 Å². The van der Waals surface area contributed by atoms with E-state index in [2.05, 4.69) is 15.2 Å². The fraction of sp³-hybridized carbons (Fsp3) is 0.333. The summed E-state index contributed by atoms with van der Waals surface area (Å²) in [6, 6.07) is 7.10. The quantitative estimate of drug-likeness (QED) is 0.417. The van der Waals surface area contributed by atoms with Gasteiger partial charge in [-0.05, 0) is 37.1 Å². The molecule has 5 rings (SSSR count). The summed E-state index contributed by atoms with van der Waals surface area (Å²) in [4.78, 5) is 43.8. The second kappa shape index (κ2) is 8.00. The van der Waals surface area contributed by atoms with Crippen LogP contribution in [-0.4, -0.2) is 45.7 Å². The van der Waals surface area contributed by atoms with E-state index in [1.165, 1.54) is 29.6 Å². The average molecular weight is 470 g/mol. The molecule has 1 amide bonds. The third-order valence-electron chi connectivity index (χ3n) is 5.69. The van der Waals surface area contributed by atoms with Gasteiger partial charge >= 0.3 is 5.69 Å². The minimum atomic E-state index is -0.499. The SMILES string of the molecule is Cn1c(=O)c2c(ncn2CC(=O)N(Cc2nnc(-c3ccc(Cl)cc3)o2)C2CC2)n(C)c1=O. The fourth-order valence-electron chi connectivity index (χ4n) is 3.73. The van der Waals surface area contributed by atoms with Gasteiger partial charge in [-0.3, -0.25) is 18.7 Å². The van der Waals surface area contributed by atoms with Crippen LogP contribution in [0.25, 0.3) is 22.6 Å². The number of carbonyl (C=O) groups excluding carboxylic acids is 1. The van der Waals surface area contributed by atoms with E-state index in [0.717, 1.165) is 23.0 Å². The molecule has 0 saturated heterocycles. The first-order valence-electron chi connectivity index (χ1n) is 10.3. The Labute approximate surface area is 191 Å². The summed E-state index contributed by atoms with van der Waals surface area (Å²) in [5.41, 5.74) is 0.191. The monoisotopic (exact) mass is 469 g/mol. The summed E-state index contributed by atoms with van der Waals surface area (Å²) in [5.74, 6) is 0.447. The number of aromatic nitrogens is 6. The van der Waals surface area contributed by atoms with Crippen LogP contribution in [0.2, 0.25) is 5.02 Å². The molecule has 3 aromatic heterocycles. The average Bonchev–Trinajstić information content (AvgIpc) is 3.39. The summed E-state index contributed by atoms with van der Waals surface area (Å²) in [6.45, 7) is 0.0613. The van der Waals surface area contributed by atoms with Gasteiger partial charge < -0.3 is 13.9 Å². The van der Waals surface area contributed by atoms with E-state index in [4.69, 9.17) is 16.0 Å². The van der Waals surface area contributed by atoms with Gasteiger partial charge in [0.05, 0.1) is 12.9 Å². The number of halogens is 1. The Hall–Kier alpha value is -3.73. The Morgan fingerprint density at radius 3 is 2.58 bits per heavy atom. The molecule has 12 heteroatoms. The van der Waals surface area contributed by atoms with Crippen LogP contribution in [0.5, 0.6) is 0 Å².